The monoisotopic (exact) mass is 395 g/mol. The molecule has 0 bridgehead atoms. The summed E-state index contributed by atoms with van der Waals surface area (Å²) in [5.74, 6) is -0.337. The van der Waals surface area contributed by atoms with E-state index in [-0.39, 0.29) is 13.0 Å². The van der Waals surface area contributed by atoms with Crippen molar-refractivity contribution in [3.63, 3.8) is 0 Å². The van der Waals surface area contributed by atoms with Gasteiger partial charge in [-0.1, -0.05) is 40.9 Å². The van der Waals surface area contributed by atoms with Crippen LogP contribution < -0.4 is 10.1 Å². The van der Waals surface area contributed by atoms with E-state index in [4.69, 9.17) is 32.7 Å². The van der Waals surface area contributed by atoms with E-state index in [0.717, 1.165) is 5.56 Å². The van der Waals surface area contributed by atoms with Gasteiger partial charge in [-0.25, -0.2) is 0 Å². The Bertz CT molecular complexity index is 778. The number of rotatable bonds is 7. The maximum absolute atomic E-state index is 12.1. The van der Waals surface area contributed by atoms with Crippen LogP contribution in [0.15, 0.2) is 42.5 Å². The summed E-state index contributed by atoms with van der Waals surface area (Å²) in [5.41, 5.74) is 1.52. The highest BCUT2D eigenvalue weighted by Gasteiger charge is 2.19. The van der Waals surface area contributed by atoms with Crippen molar-refractivity contribution in [1.29, 1.82) is 0 Å². The predicted molar refractivity (Wildman–Crippen MR) is 102 cm³/mol. The van der Waals surface area contributed by atoms with Gasteiger partial charge in [0.15, 0.2) is 6.10 Å². The summed E-state index contributed by atoms with van der Waals surface area (Å²) in [6.07, 6.45) is -0.929. The highest BCUT2D eigenvalue weighted by molar-refractivity contribution is 6.36. The molecule has 0 aliphatic carbocycles. The van der Waals surface area contributed by atoms with E-state index >= 15 is 0 Å². The van der Waals surface area contributed by atoms with Crippen molar-refractivity contribution >= 4 is 40.8 Å². The lowest BCUT2D eigenvalue weighted by atomic mass is 10.2. The fraction of sp³-hybridized carbons (Fsp3) is 0.263. The lowest BCUT2D eigenvalue weighted by Crippen LogP contribution is -2.30. The van der Waals surface area contributed by atoms with Crippen molar-refractivity contribution in [2.24, 2.45) is 0 Å². The minimum Gasteiger partial charge on any atom is -0.493 e. The van der Waals surface area contributed by atoms with Crippen LogP contribution in [0.5, 0.6) is 5.75 Å². The van der Waals surface area contributed by atoms with Gasteiger partial charge in [0.05, 0.1) is 23.7 Å². The predicted octanol–water partition coefficient (Wildman–Crippen LogP) is 4.64. The van der Waals surface area contributed by atoms with Crippen LogP contribution in [0.4, 0.5) is 5.69 Å². The zero-order chi connectivity index (χ0) is 19.1. The zero-order valence-electron chi connectivity index (χ0n) is 14.4. The molecule has 0 aliphatic rings. The number of amides is 1. The first-order valence-corrected chi connectivity index (χ1v) is 8.75. The molecule has 1 amide bonds. The summed E-state index contributed by atoms with van der Waals surface area (Å²) in [5, 5.41) is 3.35. The van der Waals surface area contributed by atoms with Crippen LogP contribution in [0.2, 0.25) is 10.0 Å². The number of aryl methyl sites for hydroxylation is 1. The van der Waals surface area contributed by atoms with Gasteiger partial charge >= 0.3 is 5.97 Å². The molecule has 0 saturated carbocycles. The Kier molecular flexibility index (Phi) is 7.30. The van der Waals surface area contributed by atoms with E-state index in [1.807, 2.05) is 31.2 Å². The van der Waals surface area contributed by atoms with Crippen molar-refractivity contribution in [3.05, 3.63) is 58.1 Å². The van der Waals surface area contributed by atoms with Crippen molar-refractivity contribution in [2.45, 2.75) is 26.4 Å². The van der Waals surface area contributed by atoms with Crippen molar-refractivity contribution in [2.75, 3.05) is 11.9 Å². The molecule has 5 nitrogen and oxygen atoms in total. The zero-order valence-corrected chi connectivity index (χ0v) is 15.9. The van der Waals surface area contributed by atoms with Crippen LogP contribution in [0.1, 0.15) is 18.9 Å². The summed E-state index contributed by atoms with van der Waals surface area (Å²) >= 11 is 11.8. The maximum Gasteiger partial charge on any atom is 0.310 e. The number of carbonyl (C=O) groups excluding carboxylic acids is 2. The van der Waals surface area contributed by atoms with Gasteiger partial charge in [-0.3, -0.25) is 9.59 Å². The molecule has 138 valence electrons. The van der Waals surface area contributed by atoms with Crippen LogP contribution in [-0.4, -0.2) is 24.6 Å². The first kappa shape index (κ1) is 20.1. The quantitative estimate of drug-likeness (QED) is 0.693. The third-order valence-electron chi connectivity index (χ3n) is 3.46. The van der Waals surface area contributed by atoms with Crippen LogP contribution in [0.3, 0.4) is 0 Å². The number of esters is 1. The van der Waals surface area contributed by atoms with Gasteiger partial charge in [0, 0.05) is 5.02 Å². The van der Waals surface area contributed by atoms with Crippen LogP contribution in [-0.2, 0) is 14.3 Å². The summed E-state index contributed by atoms with van der Waals surface area (Å²) < 4.78 is 10.6. The fourth-order valence-corrected chi connectivity index (χ4v) is 2.48. The van der Waals surface area contributed by atoms with Crippen molar-refractivity contribution in [3.8, 4) is 5.75 Å². The summed E-state index contributed by atoms with van der Waals surface area (Å²) in [6.45, 7) is 3.63. The smallest absolute Gasteiger partial charge is 0.310 e. The molecule has 0 saturated heterocycles. The van der Waals surface area contributed by atoms with E-state index in [0.29, 0.717) is 21.5 Å². The first-order chi connectivity index (χ1) is 12.3. The second-order valence-corrected chi connectivity index (χ2v) is 6.50. The number of halogens is 2. The van der Waals surface area contributed by atoms with Crippen LogP contribution in [0.25, 0.3) is 0 Å². The summed E-state index contributed by atoms with van der Waals surface area (Å²) in [4.78, 5) is 23.9. The average Bonchev–Trinajstić information content (AvgIpc) is 2.59. The number of benzene rings is 2. The van der Waals surface area contributed by atoms with Gasteiger partial charge in [-0.2, -0.15) is 0 Å². The second kappa shape index (κ2) is 9.46. The van der Waals surface area contributed by atoms with E-state index in [9.17, 15) is 9.59 Å². The molecular formula is C19H19Cl2NO4. The van der Waals surface area contributed by atoms with Crippen molar-refractivity contribution < 1.29 is 19.1 Å². The molecule has 0 spiro atoms. The van der Waals surface area contributed by atoms with E-state index in [1.54, 1.807) is 12.1 Å². The fourth-order valence-electron chi connectivity index (χ4n) is 2.02. The topological polar surface area (TPSA) is 64.6 Å². The number of carbonyl (C=O) groups is 2. The Morgan fingerprint density at radius 1 is 1.12 bits per heavy atom. The Labute approximate surface area is 162 Å². The molecule has 1 atom stereocenters. The Balaban J connectivity index is 1.76. The van der Waals surface area contributed by atoms with E-state index < -0.39 is 18.0 Å². The minimum atomic E-state index is -0.964. The third-order valence-corrected chi connectivity index (χ3v) is 4.01. The third kappa shape index (κ3) is 6.24. The highest BCUT2D eigenvalue weighted by atomic mass is 35.5. The summed E-state index contributed by atoms with van der Waals surface area (Å²) in [6, 6.07) is 12.2. The largest absolute Gasteiger partial charge is 0.493 e. The molecule has 26 heavy (non-hydrogen) atoms. The molecule has 2 aromatic rings. The minimum absolute atomic E-state index is 0.0349. The molecule has 2 rings (SSSR count). The first-order valence-electron chi connectivity index (χ1n) is 8.00. The lowest BCUT2D eigenvalue weighted by molar-refractivity contribution is -0.153. The van der Waals surface area contributed by atoms with E-state index in [1.165, 1.54) is 13.0 Å². The molecule has 1 N–H and O–H groups in total. The van der Waals surface area contributed by atoms with Crippen LogP contribution in [0, 0.1) is 6.92 Å². The summed E-state index contributed by atoms with van der Waals surface area (Å²) in [7, 11) is 0. The molecule has 0 aromatic heterocycles. The Morgan fingerprint density at radius 2 is 1.81 bits per heavy atom. The van der Waals surface area contributed by atoms with Crippen LogP contribution >= 0.6 is 23.2 Å². The number of hydrogen-bond acceptors (Lipinski definition) is 4. The highest BCUT2D eigenvalue weighted by Crippen LogP contribution is 2.25. The standard InChI is InChI=1S/C19H19Cl2NO4/c1-12-3-6-15(7-4-12)25-10-9-18(23)26-13(2)19(24)22-17-8-5-14(20)11-16(17)21/h3-8,11,13H,9-10H2,1-2H3,(H,22,24)/t13-/m1/s1. The average molecular weight is 396 g/mol. The second-order valence-electron chi connectivity index (χ2n) is 5.66. The number of ether oxygens (including phenoxy) is 2. The normalized spacial score (nSPS) is 11.5. The van der Waals surface area contributed by atoms with Gasteiger partial charge in [0.2, 0.25) is 0 Å². The number of nitrogens with one attached hydrogen (secondary N) is 1. The Hall–Kier alpha value is -2.24. The lowest BCUT2D eigenvalue weighted by Gasteiger charge is -2.14. The van der Waals surface area contributed by atoms with Gasteiger partial charge in [0.1, 0.15) is 5.75 Å². The Morgan fingerprint density at radius 3 is 2.46 bits per heavy atom. The number of hydrogen-bond donors (Lipinski definition) is 1. The number of anilines is 1. The van der Waals surface area contributed by atoms with Gasteiger partial charge in [-0.05, 0) is 44.2 Å². The SMILES string of the molecule is Cc1ccc(OCCC(=O)O[C@H](C)C(=O)Nc2ccc(Cl)cc2Cl)cc1. The molecule has 0 fully saturated rings. The molecule has 0 radical (unpaired) electrons. The van der Waals surface area contributed by atoms with E-state index in [2.05, 4.69) is 5.32 Å². The molecule has 0 aliphatic heterocycles. The molecular weight excluding hydrogens is 377 g/mol. The molecule has 2 aromatic carbocycles. The maximum atomic E-state index is 12.1. The molecule has 0 unspecified atom stereocenters. The van der Waals surface area contributed by atoms with Gasteiger partial charge in [-0.15, -0.1) is 0 Å². The molecule has 0 heterocycles. The van der Waals surface area contributed by atoms with Gasteiger partial charge < -0.3 is 14.8 Å². The van der Waals surface area contributed by atoms with Crippen molar-refractivity contribution in [1.82, 2.24) is 0 Å². The van der Waals surface area contributed by atoms with Gasteiger partial charge in [0.25, 0.3) is 5.91 Å². The molecule has 7 heteroatoms.